The minimum absolute atomic E-state index is 0.0470. The van der Waals surface area contributed by atoms with Crippen LogP contribution in [0.1, 0.15) is 16.8 Å². The highest BCUT2D eigenvalue weighted by atomic mass is 16.6. The average molecular weight is 366 g/mol. The zero-order valence-corrected chi connectivity index (χ0v) is 15.5. The zero-order valence-electron chi connectivity index (χ0n) is 15.5. The van der Waals surface area contributed by atoms with Crippen LogP contribution in [0.3, 0.4) is 0 Å². The van der Waals surface area contributed by atoms with E-state index in [4.69, 9.17) is 9.47 Å². The Morgan fingerprint density at radius 3 is 2.70 bits per heavy atom. The molecule has 6 nitrogen and oxygen atoms in total. The molecule has 0 N–H and O–H groups in total. The number of hydrogen-bond donors (Lipinski definition) is 0. The van der Waals surface area contributed by atoms with Gasteiger partial charge >= 0.3 is 6.09 Å². The predicted octanol–water partition coefficient (Wildman–Crippen LogP) is 3.03. The molecule has 2 saturated heterocycles. The zero-order chi connectivity index (χ0) is 19.0. The summed E-state index contributed by atoms with van der Waals surface area (Å²) >= 11 is 0. The van der Waals surface area contributed by atoms with Crippen molar-refractivity contribution in [1.82, 2.24) is 9.80 Å². The fourth-order valence-electron chi connectivity index (χ4n) is 3.91. The monoisotopic (exact) mass is 366 g/mol. The van der Waals surface area contributed by atoms with Gasteiger partial charge in [0, 0.05) is 31.1 Å². The molecule has 1 spiro atoms. The first-order valence-electron chi connectivity index (χ1n) is 8.98. The number of ether oxygens (including phenoxy) is 2. The van der Waals surface area contributed by atoms with E-state index in [0.29, 0.717) is 31.6 Å². The molecular formula is C21H22N2O4. The largest absolute Gasteiger partial charge is 0.496 e. The first-order valence-corrected chi connectivity index (χ1v) is 8.98. The van der Waals surface area contributed by atoms with Crippen molar-refractivity contribution in [1.29, 1.82) is 0 Å². The number of methoxy groups -OCH3 is 1. The summed E-state index contributed by atoms with van der Waals surface area (Å²) in [5.74, 6) is 0.720. The van der Waals surface area contributed by atoms with Crippen LogP contribution in [0.4, 0.5) is 4.79 Å². The van der Waals surface area contributed by atoms with Gasteiger partial charge in [-0.05, 0) is 23.8 Å². The van der Waals surface area contributed by atoms with E-state index in [2.05, 4.69) is 0 Å². The molecule has 27 heavy (non-hydrogen) atoms. The molecule has 140 valence electrons. The van der Waals surface area contributed by atoms with Gasteiger partial charge in [-0.1, -0.05) is 30.3 Å². The smallest absolute Gasteiger partial charge is 0.410 e. The third kappa shape index (κ3) is 3.12. The van der Waals surface area contributed by atoms with E-state index in [-0.39, 0.29) is 12.0 Å². The molecular weight excluding hydrogens is 344 g/mol. The highest BCUT2D eigenvalue weighted by Crippen LogP contribution is 2.34. The fraction of sp³-hybridized carbons (Fsp3) is 0.333. The summed E-state index contributed by atoms with van der Waals surface area (Å²) in [6.45, 7) is 1.54. The number of carbonyl (C=O) groups excluding carboxylic acids is 2. The quantitative estimate of drug-likeness (QED) is 0.838. The fourth-order valence-corrected chi connectivity index (χ4v) is 3.91. The second-order valence-corrected chi connectivity index (χ2v) is 7.16. The number of hydrogen-bond acceptors (Lipinski definition) is 4. The Kier molecular flexibility index (Phi) is 4.26. The summed E-state index contributed by atoms with van der Waals surface area (Å²) in [5, 5.41) is 0. The van der Waals surface area contributed by atoms with E-state index in [1.165, 1.54) is 0 Å². The summed E-state index contributed by atoms with van der Waals surface area (Å²) in [4.78, 5) is 28.1. The van der Waals surface area contributed by atoms with Crippen molar-refractivity contribution in [3.8, 4) is 16.9 Å². The number of rotatable bonds is 3. The van der Waals surface area contributed by atoms with Crippen LogP contribution in [0.5, 0.6) is 5.75 Å². The van der Waals surface area contributed by atoms with Gasteiger partial charge < -0.3 is 19.3 Å². The number of carbonyl (C=O) groups is 2. The first-order chi connectivity index (χ1) is 13.0. The van der Waals surface area contributed by atoms with Crippen molar-refractivity contribution >= 4 is 12.0 Å². The molecule has 2 amide bonds. The average Bonchev–Trinajstić information content (AvgIpc) is 3.23. The topological polar surface area (TPSA) is 59.1 Å². The van der Waals surface area contributed by atoms with Gasteiger partial charge in [-0.2, -0.15) is 0 Å². The Morgan fingerprint density at radius 2 is 1.96 bits per heavy atom. The lowest BCUT2D eigenvalue weighted by molar-refractivity contribution is 0.0553. The maximum Gasteiger partial charge on any atom is 0.410 e. The second-order valence-electron chi connectivity index (χ2n) is 7.16. The van der Waals surface area contributed by atoms with Crippen LogP contribution in [0.2, 0.25) is 0 Å². The highest BCUT2D eigenvalue weighted by molar-refractivity contribution is 5.96. The maximum absolute atomic E-state index is 13.0. The molecule has 2 aromatic carbocycles. The van der Waals surface area contributed by atoms with Gasteiger partial charge in [-0.15, -0.1) is 0 Å². The van der Waals surface area contributed by atoms with E-state index >= 15 is 0 Å². The van der Waals surface area contributed by atoms with E-state index in [0.717, 1.165) is 16.9 Å². The van der Waals surface area contributed by atoms with E-state index < -0.39 is 5.60 Å². The summed E-state index contributed by atoms with van der Waals surface area (Å²) in [7, 11) is 3.36. The van der Waals surface area contributed by atoms with E-state index in [1.54, 1.807) is 24.0 Å². The Morgan fingerprint density at radius 1 is 1.15 bits per heavy atom. The van der Waals surface area contributed by atoms with Crippen molar-refractivity contribution in [3.63, 3.8) is 0 Å². The summed E-state index contributed by atoms with van der Waals surface area (Å²) in [5.41, 5.74) is 1.92. The first kappa shape index (κ1) is 17.4. The molecule has 1 atom stereocenters. The Hall–Kier alpha value is -3.02. The lowest BCUT2D eigenvalue weighted by Gasteiger charge is -2.22. The molecule has 2 heterocycles. The normalized spacial score (nSPS) is 21.6. The number of benzene rings is 2. The van der Waals surface area contributed by atoms with Crippen LogP contribution in [0.15, 0.2) is 48.5 Å². The summed E-state index contributed by atoms with van der Waals surface area (Å²) < 4.78 is 11.0. The molecule has 0 bridgehead atoms. The molecule has 2 aliphatic heterocycles. The molecule has 0 aromatic heterocycles. The SMILES string of the molecule is COc1ccccc1-c1cccc(C(=O)N2CC[C@]3(CN(C)C(=O)O3)C2)c1. The number of para-hydroxylation sites is 1. The minimum Gasteiger partial charge on any atom is -0.496 e. The van der Waals surface area contributed by atoms with Crippen LogP contribution >= 0.6 is 0 Å². The van der Waals surface area contributed by atoms with Crippen LogP contribution in [-0.4, -0.2) is 61.2 Å². The molecule has 2 aliphatic rings. The van der Waals surface area contributed by atoms with Crippen LogP contribution in [0, 0.1) is 0 Å². The van der Waals surface area contributed by atoms with Crippen LogP contribution in [-0.2, 0) is 4.74 Å². The van der Waals surface area contributed by atoms with Crippen molar-refractivity contribution in [2.45, 2.75) is 12.0 Å². The van der Waals surface area contributed by atoms with Crippen molar-refractivity contribution in [2.75, 3.05) is 33.8 Å². The van der Waals surface area contributed by atoms with Gasteiger partial charge in [0.15, 0.2) is 5.60 Å². The van der Waals surface area contributed by atoms with Crippen molar-refractivity contribution in [3.05, 3.63) is 54.1 Å². The lowest BCUT2D eigenvalue weighted by Crippen LogP contribution is -2.39. The third-order valence-corrected chi connectivity index (χ3v) is 5.27. The van der Waals surface area contributed by atoms with E-state index in [1.807, 2.05) is 48.5 Å². The summed E-state index contributed by atoms with van der Waals surface area (Å²) in [6.07, 6.45) is 0.351. The Bertz CT molecular complexity index is 897. The highest BCUT2D eigenvalue weighted by Gasteiger charge is 2.49. The Balaban J connectivity index is 1.56. The van der Waals surface area contributed by atoms with Crippen molar-refractivity contribution < 1.29 is 19.1 Å². The number of nitrogens with zero attached hydrogens (tertiary/aromatic N) is 2. The molecule has 0 radical (unpaired) electrons. The molecule has 2 fully saturated rings. The van der Waals surface area contributed by atoms with Gasteiger partial charge in [0.1, 0.15) is 5.75 Å². The van der Waals surface area contributed by atoms with Gasteiger partial charge in [-0.3, -0.25) is 4.79 Å². The molecule has 4 rings (SSSR count). The van der Waals surface area contributed by atoms with Crippen LogP contribution in [0.25, 0.3) is 11.1 Å². The predicted molar refractivity (Wildman–Crippen MR) is 101 cm³/mol. The number of likely N-dealkylation sites (N-methyl/N-ethyl adjacent to an activating group) is 1. The lowest BCUT2D eigenvalue weighted by atomic mass is 10.0. The standard InChI is InChI=1S/C21H22N2O4/c1-22-13-21(27-20(22)25)10-11-23(14-21)19(24)16-7-5-6-15(12-16)17-8-3-4-9-18(17)26-2/h3-9,12H,10-11,13-14H2,1-2H3/t21-/m0/s1. The minimum atomic E-state index is -0.568. The van der Waals surface area contributed by atoms with Crippen LogP contribution < -0.4 is 4.74 Å². The van der Waals surface area contributed by atoms with Gasteiger partial charge in [0.25, 0.3) is 5.91 Å². The molecule has 6 heteroatoms. The van der Waals surface area contributed by atoms with E-state index in [9.17, 15) is 9.59 Å². The second kappa shape index (κ2) is 6.61. The summed E-state index contributed by atoms with van der Waals surface area (Å²) in [6, 6.07) is 15.3. The Labute approximate surface area is 158 Å². The van der Waals surface area contributed by atoms with Gasteiger partial charge in [0.2, 0.25) is 0 Å². The molecule has 0 saturated carbocycles. The maximum atomic E-state index is 13.0. The molecule has 0 unspecified atom stereocenters. The number of likely N-dealkylation sites (tertiary alicyclic amines) is 1. The van der Waals surface area contributed by atoms with Gasteiger partial charge in [0.05, 0.1) is 20.2 Å². The third-order valence-electron chi connectivity index (χ3n) is 5.27. The van der Waals surface area contributed by atoms with Gasteiger partial charge in [-0.25, -0.2) is 4.79 Å². The molecule has 2 aromatic rings. The van der Waals surface area contributed by atoms with Crippen molar-refractivity contribution in [2.24, 2.45) is 0 Å². The number of amides is 2. The molecule has 0 aliphatic carbocycles.